The summed E-state index contributed by atoms with van der Waals surface area (Å²) in [6, 6.07) is 12.5. The highest BCUT2D eigenvalue weighted by Gasteiger charge is 2.14. The lowest BCUT2D eigenvalue weighted by Crippen LogP contribution is -2.32. The molecule has 8 heteroatoms. The van der Waals surface area contributed by atoms with Crippen LogP contribution in [-0.2, 0) is 4.79 Å². The first kappa shape index (κ1) is 20.3. The Morgan fingerprint density at radius 3 is 2.52 bits per heavy atom. The minimum atomic E-state index is -0.357. The molecule has 0 fully saturated rings. The number of amides is 2. The second kappa shape index (κ2) is 9.20. The standard InChI is InChI=1S/C21H21N3O4S/c1-13-4-6-14(7-5-13)20(26)22-11-19(25)24-21-23-17(12-29-21)16-10-15(27-2)8-9-18(16)28-3/h4-10,12H,11H2,1-3H3,(H,22,26)(H,23,24,25). The molecule has 2 aromatic carbocycles. The van der Waals surface area contributed by atoms with Gasteiger partial charge in [0.2, 0.25) is 5.91 Å². The minimum absolute atomic E-state index is 0.149. The molecule has 3 rings (SSSR count). The van der Waals surface area contributed by atoms with Gasteiger partial charge in [0.25, 0.3) is 5.91 Å². The van der Waals surface area contributed by atoms with E-state index >= 15 is 0 Å². The number of anilines is 1. The zero-order valence-electron chi connectivity index (χ0n) is 16.3. The number of thiazole rings is 1. The zero-order chi connectivity index (χ0) is 20.8. The molecule has 0 aliphatic rings. The number of hydrogen-bond donors (Lipinski definition) is 2. The van der Waals surface area contributed by atoms with Gasteiger partial charge in [-0.25, -0.2) is 4.98 Å². The normalized spacial score (nSPS) is 10.3. The molecule has 0 saturated carbocycles. The summed E-state index contributed by atoms with van der Waals surface area (Å²) in [5, 5.41) is 7.54. The quantitative estimate of drug-likeness (QED) is 0.621. The lowest BCUT2D eigenvalue weighted by atomic mass is 10.1. The first-order valence-corrected chi connectivity index (χ1v) is 9.70. The van der Waals surface area contributed by atoms with Crippen LogP contribution in [0.15, 0.2) is 47.8 Å². The van der Waals surface area contributed by atoms with Crippen LogP contribution in [0.4, 0.5) is 5.13 Å². The number of aryl methyl sites for hydroxylation is 1. The molecule has 2 amide bonds. The van der Waals surface area contributed by atoms with E-state index in [1.165, 1.54) is 11.3 Å². The predicted molar refractivity (Wildman–Crippen MR) is 113 cm³/mol. The highest BCUT2D eigenvalue weighted by molar-refractivity contribution is 7.14. The molecule has 2 N–H and O–H groups in total. The maximum absolute atomic E-state index is 12.2. The third kappa shape index (κ3) is 5.11. The Labute approximate surface area is 172 Å². The fourth-order valence-corrected chi connectivity index (χ4v) is 3.33. The van der Waals surface area contributed by atoms with Crippen molar-refractivity contribution < 1.29 is 19.1 Å². The van der Waals surface area contributed by atoms with E-state index in [0.717, 1.165) is 11.1 Å². The molecule has 0 aliphatic carbocycles. The van der Waals surface area contributed by atoms with Gasteiger partial charge >= 0.3 is 0 Å². The molecule has 3 aromatic rings. The van der Waals surface area contributed by atoms with Crippen molar-refractivity contribution in [2.24, 2.45) is 0 Å². The summed E-state index contributed by atoms with van der Waals surface area (Å²) in [5.74, 6) is 0.669. The molecule has 0 radical (unpaired) electrons. The summed E-state index contributed by atoms with van der Waals surface area (Å²) in [6.45, 7) is 1.79. The number of aromatic nitrogens is 1. The van der Waals surface area contributed by atoms with Crippen LogP contribution in [0.2, 0.25) is 0 Å². The number of carbonyl (C=O) groups is 2. The predicted octanol–water partition coefficient (Wildman–Crippen LogP) is 3.50. The van der Waals surface area contributed by atoms with E-state index in [9.17, 15) is 9.59 Å². The second-order valence-electron chi connectivity index (χ2n) is 6.20. The summed E-state index contributed by atoms with van der Waals surface area (Å²) in [6.07, 6.45) is 0. The van der Waals surface area contributed by atoms with Crippen LogP contribution in [0.1, 0.15) is 15.9 Å². The van der Waals surface area contributed by atoms with Crippen molar-refractivity contribution in [2.45, 2.75) is 6.92 Å². The summed E-state index contributed by atoms with van der Waals surface area (Å²) in [5.41, 5.74) is 2.98. The number of nitrogens with one attached hydrogen (secondary N) is 2. The van der Waals surface area contributed by atoms with Crippen LogP contribution in [-0.4, -0.2) is 37.6 Å². The average molecular weight is 411 g/mol. The van der Waals surface area contributed by atoms with E-state index in [1.807, 2.05) is 30.5 Å². The van der Waals surface area contributed by atoms with Crippen LogP contribution >= 0.6 is 11.3 Å². The van der Waals surface area contributed by atoms with Gasteiger partial charge in [0.05, 0.1) is 26.5 Å². The van der Waals surface area contributed by atoms with Gasteiger partial charge in [0, 0.05) is 16.5 Å². The topological polar surface area (TPSA) is 89.5 Å². The number of hydrogen-bond acceptors (Lipinski definition) is 6. The summed E-state index contributed by atoms with van der Waals surface area (Å²) < 4.78 is 10.6. The van der Waals surface area contributed by atoms with Crippen molar-refractivity contribution in [1.29, 1.82) is 0 Å². The van der Waals surface area contributed by atoms with Gasteiger partial charge in [-0.15, -0.1) is 11.3 Å². The van der Waals surface area contributed by atoms with Crippen LogP contribution in [0, 0.1) is 6.92 Å². The van der Waals surface area contributed by atoms with Gasteiger partial charge in [-0.05, 0) is 37.3 Å². The Morgan fingerprint density at radius 1 is 1.07 bits per heavy atom. The number of methoxy groups -OCH3 is 2. The van der Waals surface area contributed by atoms with E-state index in [2.05, 4.69) is 15.6 Å². The van der Waals surface area contributed by atoms with Gasteiger partial charge in [-0.2, -0.15) is 0 Å². The fraction of sp³-hybridized carbons (Fsp3) is 0.190. The van der Waals surface area contributed by atoms with Crippen LogP contribution in [0.3, 0.4) is 0 Å². The van der Waals surface area contributed by atoms with E-state index in [0.29, 0.717) is 27.9 Å². The first-order chi connectivity index (χ1) is 14.0. The molecule has 0 aliphatic heterocycles. The molecule has 7 nitrogen and oxygen atoms in total. The second-order valence-corrected chi connectivity index (χ2v) is 7.06. The number of nitrogens with zero attached hydrogens (tertiary/aromatic N) is 1. The van der Waals surface area contributed by atoms with Crippen LogP contribution < -0.4 is 20.1 Å². The molecule has 0 spiro atoms. The highest BCUT2D eigenvalue weighted by atomic mass is 32.1. The lowest BCUT2D eigenvalue weighted by molar-refractivity contribution is -0.115. The van der Waals surface area contributed by atoms with Crippen molar-refractivity contribution in [3.63, 3.8) is 0 Å². The Morgan fingerprint density at radius 2 is 1.83 bits per heavy atom. The van der Waals surface area contributed by atoms with Gasteiger partial charge in [0.1, 0.15) is 11.5 Å². The molecule has 0 unspecified atom stereocenters. The fourth-order valence-electron chi connectivity index (χ4n) is 2.60. The Balaban J connectivity index is 1.62. The number of rotatable bonds is 7. The Kier molecular flexibility index (Phi) is 6.46. The van der Waals surface area contributed by atoms with Crippen LogP contribution in [0.5, 0.6) is 11.5 Å². The highest BCUT2D eigenvalue weighted by Crippen LogP contribution is 2.34. The molecule has 0 bridgehead atoms. The maximum atomic E-state index is 12.2. The zero-order valence-corrected chi connectivity index (χ0v) is 17.1. The maximum Gasteiger partial charge on any atom is 0.251 e. The van der Waals surface area contributed by atoms with Crippen LogP contribution in [0.25, 0.3) is 11.3 Å². The molecule has 1 heterocycles. The molecule has 0 saturated heterocycles. The summed E-state index contributed by atoms with van der Waals surface area (Å²) >= 11 is 1.29. The van der Waals surface area contributed by atoms with Crippen molar-refractivity contribution in [1.82, 2.24) is 10.3 Å². The van der Waals surface area contributed by atoms with E-state index in [-0.39, 0.29) is 18.4 Å². The molecule has 150 valence electrons. The molecular weight excluding hydrogens is 390 g/mol. The van der Waals surface area contributed by atoms with Crippen molar-refractivity contribution in [3.05, 3.63) is 59.0 Å². The third-order valence-corrected chi connectivity index (χ3v) is 4.91. The monoisotopic (exact) mass is 411 g/mol. The number of benzene rings is 2. The largest absolute Gasteiger partial charge is 0.497 e. The van der Waals surface area contributed by atoms with E-state index in [4.69, 9.17) is 9.47 Å². The summed E-state index contributed by atoms with van der Waals surface area (Å²) in [4.78, 5) is 28.7. The smallest absolute Gasteiger partial charge is 0.251 e. The van der Waals surface area contributed by atoms with Gasteiger partial charge in [0.15, 0.2) is 5.13 Å². The van der Waals surface area contributed by atoms with Crippen molar-refractivity contribution in [2.75, 3.05) is 26.1 Å². The average Bonchev–Trinajstić information content (AvgIpc) is 3.20. The van der Waals surface area contributed by atoms with Crippen molar-refractivity contribution >= 4 is 28.3 Å². The van der Waals surface area contributed by atoms with Gasteiger partial charge < -0.3 is 20.1 Å². The molecule has 29 heavy (non-hydrogen) atoms. The van der Waals surface area contributed by atoms with Gasteiger partial charge in [-0.3, -0.25) is 9.59 Å². The molecule has 1 aromatic heterocycles. The molecular formula is C21H21N3O4S. The first-order valence-electron chi connectivity index (χ1n) is 8.83. The van der Waals surface area contributed by atoms with E-state index in [1.54, 1.807) is 38.5 Å². The minimum Gasteiger partial charge on any atom is -0.497 e. The summed E-state index contributed by atoms with van der Waals surface area (Å²) in [7, 11) is 3.17. The van der Waals surface area contributed by atoms with Gasteiger partial charge in [-0.1, -0.05) is 17.7 Å². The Hall–Kier alpha value is -3.39. The lowest BCUT2D eigenvalue weighted by Gasteiger charge is -2.08. The third-order valence-electron chi connectivity index (χ3n) is 4.16. The Bertz CT molecular complexity index is 1020. The molecule has 0 atom stereocenters. The van der Waals surface area contributed by atoms with Crippen molar-refractivity contribution in [3.8, 4) is 22.8 Å². The number of carbonyl (C=O) groups excluding carboxylic acids is 2. The van der Waals surface area contributed by atoms with E-state index < -0.39 is 0 Å². The number of ether oxygens (including phenoxy) is 2. The SMILES string of the molecule is COc1ccc(OC)c(-c2csc(NC(=O)CNC(=O)c3ccc(C)cc3)n2)c1.